The SMILES string of the molecule is CCCCSC(F)(F)Cl. The highest BCUT2D eigenvalue weighted by Crippen LogP contribution is 2.33. The van der Waals surface area contributed by atoms with Gasteiger partial charge in [0.15, 0.2) is 0 Å². The smallest absolute Gasteiger partial charge is 0.177 e. The van der Waals surface area contributed by atoms with E-state index in [0.29, 0.717) is 17.5 Å². The maximum Gasteiger partial charge on any atom is 0.371 e. The Hall–Kier alpha value is 0.500. The van der Waals surface area contributed by atoms with Crippen LogP contribution in [0.3, 0.4) is 0 Å². The molecule has 0 N–H and O–H groups in total. The fourth-order valence-corrected chi connectivity index (χ4v) is 1.23. The number of thioether (sulfide) groups is 1. The Labute approximate surface area is 63.0 Å². The van der Waals surface area contributed by atoms with Crippen molar-refractivity contribution in [2.75, 3.05) is 5.75 Å². The second-order valence-electron chi connectivity index (χ2n) is 1.65. The molecule has 0 nitrogen and oxygen atoms in total. The Morgan fingerprint density at radius 1 is 1.56 bits per heavy atom. The quantitative estimate of drug-likeness (QED) is 0.466. The van der Waals surface area contributed by atoms with Crippen LogP contribution in [0.2, 0.25) is 0 Å². The van der Waals surface area contributed by atoms with E-state index in [1.54, 1.807) is 0 Å². The monoisotopic (exact) mass is 174 g/mol. The van der Waals surface area contributed by atoms with Crippen molar-refractivity contribution in [3.63, 3.8) is 0 Å². The van der Waals surface area contributed by atoms with Gasteiger partial charge in [-0.15, -0.1) is 0 Å². The van der Waals surface area contributed by atoms with Gasteiger partial charge in [-0.1, -0.05) is 25.1 Å². The van der Waals surface area contributed by atoms with Crippen molar-refractivity contribution in [3.05, 3.63) is 0 Å². The van der Waals surface area contributed by atoms with Crippen molar-refractivity contribution in [1.29, 1.82) is 0 Å². The van der Waals surface area contributed by atoms with Gasteiger partial charge in [0, 0.05) is 5.75 Å². The van der Waals surface area contributed by atoms with Gasteiger partial charge >= 0.3 is 4.71 Å². The third-order valence-corrected chi connectivity index (χ3v) is 1.91. The molecule has 0 bridgehead atoms. The van der Waals surface area contributed by atoms with Gasteiger partial charge in [0.2, 0.25) is 0 Å². The molecule has 0 saturated carbocycles. The molecule has 0 aromatic rings. The molecule has 0 saturated heterocycles. The number of hydrogen-bond acceptors (Lipinski definition) is 1. The first-order valence-electron chi connectivity index (χ1n) is 2.77. The summed E-state index contributed by atoms with van der Waals surface area (Å²) in [7, 11) is 0. The Kier molecular flexibility index (Phi) is 4.58. The maximum atomic E-state index is 11.8. The topological polar surface area (TPSA) is 0 Å². The summed E-state index contributed by atoms with van der Waals surface area (Å²) in [5.74, 6) is 0.438. The summed E-state index contributed by atoms with van der Waals surface area (Å²) in [5.41, 5.74) is 0. The summed E-state index contributed by atoms with van der Waals surface area (Å²) in [6.07, 6.45) is 1.73. The molecule has 0 aromatic carbocycles. The molecule has 0 aliphatic carbocycles. The molecule has 0 atom stereocenters. The highest BCUT2D eigenvalue weighted by molar-refractivity contribution is 8.01. The molecule has 56 valence electrons. The lowest BCUT2D eigenvalue weighted by molar-refractivity contribution is 0.203. The molecule has 9 heavy (non-hydrogen) atoms. The van der Waals surface area contributed by atoms with E-state index in [-0.39, 0.29) is 0 Å². The molecule has 0 aliphatic heterocycles. The van der Waals surface area contributed by atoms with Gasteiger partial charge in [-0.25, -0.2) is 0 Å². The minimum Gasteiger partial charge on any atom is -0.177 e. The molecule has 0 radical (unpaired) electrons. The first-order valence-corrected chi connectivity index (χ1v) is 4.13. The Morgan fingerprint density at radius 3 is 2.44 bits per heavy atom. The third-order valence-electron chi connectivity index (χ3n) is 0.764. The summed E-state index contributed by atoms with van der Waals surface area (Å²) in [5, 5.41) is 0. The van der Waals surface area contributed by atoms with Crippen LogP contribution >= 0.6 is 23.4 Å². The van der Waals surface area contributed by atoms with E-state index in [9.17, 15) is 8.78 Å². The number of rotatable bonds is 4. The van der Waals surface area contributed by atoms with Gasteiger partial charge < -0.3 is 0 Å². The zero-order chi connectivity index (χ0) is 7.33. The average molecular weight is 175 g/mol. The van der Waals surface area contributed by atoms with E-state index in [2.05, 4.69) is 11.6 Å². The van der Waals surface area contributed by atoms with Gasteiger partial charge in [0.25, 0.3) is 0 Å². The summed E-state index contributed by atoms with van der Waals surface area (Å²) < 4.78 is 20.5. The van der Waals surface area contributed by atoms with Gasteiger partial charge in [-0.3, -0.25) is 0 Å². The van der Waals surface area contributed by atoms with E-state index in [1.807, 2.05) is 6.92 Å². The second-order valence-corrected chi connectivity index (χ2v) is 3.56. The van der Waals surface area contributed by atoms with Crippen molar-refractivity contribution >= 4 is 23.4 Å². The highest BCUT2D eigenvalue weighted by atomic mass is 35.5. The minimum atomic E-state index is -3.06. The second kappa shape index (κ2) is 4.34. The molecule has 0 spiro atoms. The average Bonchev–Trinajstić information content (AvgIpc) is 1.63. The molecule has 0 unspecified atom stereocenters. The Morgan fingerprint density at radius 2 is 2.11 bits per heavy atom. The lowest BCUT2D eigenvalue weighted by atomic mass is 10.4. The van der Waals surface area contributed by atoms with Gasteiger partial charge in [-0.05, 0) is 18.0 Å². The normalized spacial score (nSPS) is 12.0. The van der Waals surface area contributed by atoms with Crippen LogP contribution in [0.15, 0.2) is 0 Å². The molecule has 0 amide bonds. The lowest BCUT2D eigenvalue weighted by Gasteiger charge is -2.04. The van der Waals surface area contributed by atoms with E-state index in [4.69, 9.17) is 0 Å². The number of unbranched alkanes of at least 4 members (excludes halogenated alkanes) is 1. The molecule has 4 heteroatoms. The predicted molar refractivity (Wildman–Crippen MR) is 38.2 cm³/mol. The van der Waals surface area contributed by atoms with E-state index >= 15 is 0 Å². The van der Waals surface area contributed by atoms with Crippen LogP contribution in [0.1, 0.15) is 19.8 Å². The standard InChI is InChI=1S/C5H9ClF2S/c1-2-3-4-9-5(6,7)8/h2-4H2,1H3. The van der Waals surface area contributed by atoms with E-state index < -0.39 is 4.71 Å². The van der Waals surface area contributed by atoms with Gasteiger partial charge in [0.05, 0.1) is 0 Å². The largest absolute Gasteiger partial charge is 0.371 e. The summed E-state index contributed by atoms with van der Waals surface area (Å²) in [6, 6.07) is 0. The number of alkyl halides is 3. The molecule has 0 aliphatic rings. The van der Waals surface area contributed by atoms with Gasteiger partial charge in [-0.2, -0.15) is 8.78 Å². The molecular weight excluding hydrogens is 166 g/mol. The van der Waals surface area contributed by atoms with Crippen LogP contribution in [0.5, 0.6) is 0 Å². The first kappa shape index (κ1) is 9.50. The van der Waals surface area contributed by atoms with E-state index in [1.165, 1.54) is 0 Å². The molecule has 0 fully saturated rings. The van der Waals surface area contributed by atoms with Gasteiger partial charge in [0.1, 0.15) is 0 Å². The van der Waals surface area contributed by atoms with Crippen LogP contribution in [-0.4, -0.2) is 10.5 Å². The Balaban J connectivity index is 3.07. The van der Waals surface area contributed by atoms with Crippen LogP contribution in [0.4, 0.5) is 8.78 Å². The fraction of sp³-hybridized carbons (Fsp3) is 1.00. The fourth-order valence-electron chi connectivity index (χ4n) is 0.332. The van der Waals surface area contributed by atoms with Crippen molar-refractivity contribution in [1.82, 2.24) is 0 Å². The maximum absolute atomic E-state index is 11.8. The molecule has 0 rings (SSSR count). The van der Waals surface area contributed by atoms with Crippen LogP contribution in [0.25, 0.3) is 0 Å². The van der Waals surface area contributed by atoms with Crippen LogP contribution in [-0.2, 0) is 0 Å². The Bertz CT molecular complexity index is 71.8. The minimum absolute atomic E-state index is 0.438. The summed E-state index contributed by atoms with van der Waals surface area (Å²) >= 11 is 5.09. The lowest BCUT2D eigenvalue weighted by Crippen LogP contribution is -1.98. The number of halogens is 3. The molecule has 0 heterocycles. The summed E-state index contributed by atoms with van der Waals surface area (Å²) in [6.45, 7) is 1.95. The van der Waals surface area contributed by atoms with Crippen molar-refractivity contribution < 1.29 is 8.78 Å². The van der Waals surface area contributed by atoms with Crippen molar-refractivity contribution in [2.24, 2.45) is 0 Å². The van der Waals surface area contributed by atoms with Crippen LogP contribution in [0, 0.1) is 0 Å². The first-order chi connectivity index (χ1) is 4.06. The zero-order valence-electron chi connectivity index (χ0n) is 5.16. The summed E-state index contributed by atoms with van der Waals surface area (Å²) in [4.78, 5) is 0. The van der Waals surface area contributed by atoms with Crippen molar-refractivity contribution in [3.8, 4) is 0 Å². The highest BCUT2D eigenvalue weighted by Gasteiger charge is 2.23. The third kappa shape index (κ3) is 8.50. The van der Waals surface area contributed by atoms with Crippen LogP contribution < -0.4 is 0 Å². The van der Waals surface area contributed by atoms with E-state index in [0.717, 1.165) is 12.8 Å². The molecule has 0 aromatic heterocycles. The zero-order valence-corrected chi connectivity index (χ0v) is 6.74. The predicted octanol–water partition coefficient (Wildman–Crippen LogP) is 3.31. The van der Waals surface area contributed by atoms with Crippen molar-refractivity contribution in [2.45, 2.75) is 24.5 Å². The molecular formula is C5H9ClF2S. The number of hydrogen-bond donors (Lipinski definition) is 0.